The number of nitrogens with one attached hydrogen (secondary N) is 3. The second-order valence-corrected chi connectivity index (χ2v) is 14.7. The van der Waals surface area contributed by atoms with Crippen molar-refractivity contribution in [1.82, 2.24) is 20.4 Å². The molecule has 1 aliphatic heterocycles. The summed E-state index contributed by atoms with van der Waals surface area (Å²) < 4.78 is 16.4. The van der Waals surface area contributed by atoms with E-state index in [-0.39, 0.29) is 24.7 Å². The van der Waals surface area contributed by atoms with Crippen LogP contribution in [0.3, 0.4) is 0 Å². The van der Waals surface area contributed by atoms with E-state index in [4.69, 9.17) is 0 Å². The summed E-state index contributed by atoms with van der Waals surface area (Å²) in [5, 5.41) is 13.9. The number of hydrogen-bond acceptors (Lipinski definition) is 4. The number of fused-ring (bicyclic) bond motifs is 1. The highest BCUT2D eigenvalue weighted by Gasteiger charge is 2.32. The van der Waals surface area contributed by atoms with Crippen LogP contribution in [0.2, 0.25) is 19.6 Å². The predicted octanol–water partition coefficient (Wildman–Crippen LogP) is 2.19. The van der Waals surface area contributed by atoms with E-state index in [0.29, 0.717) is 16.4 Å². The Balaban J connectivity index is 1.62. The SMILES string of the molecule is Cn1ncc2cc(C(NC(=O)[C@@H]3CNC(=O)C3)C(=O)Nc3ccc([Si](C)(C)C)c(F)c3)ccc21. The summed E-state index contributed by atoms with van der Waals surface area (Å²) in [7, 11) is -0.0518. The number of carbonyl (C=O) groups is 3. The number of hydrogen-bond donors (Lipinski definition) is 3. The van der Waals surface area contributed by atoms with Crippen LogP contribution in [0.15, 0.2) is 42.6 Å². The molecule has 0 radical (unpaired) electrons. The lowest BCUT2D eigenvalue weighted by Gasteiger charge is -2.22. The molecule has 4 rings (SSSR count). The summed E-state index contributed by atoms with van der Waals surface area (Å²) in [6.07, 6.45) is 1.75. The van der Waals surface area contributed by atoms with E-state index in [1.807, 2.05) is 32.8 Å². The summed E-state index contributed by atoms with van der Waals surface area (Å²) in [5.41, 5.74) is 1.75. The molecule has 0 aliphatic carbocycles. The minimum Gasteiger partial charge on any atom is -0.355 e. The molecule has 2 heterocycles. The highest BCUT2D eigenvalue weighted by molar-refractivity contribution is 6.88. The number of carbonyl (C=O) groups excluding carboxylic acids is 3. The van der Waals surface area contributed by atoms with Gasteiger partial charge in [0.1, 0.15) is 11.9 Å². The first-order chi connectivity index (χ1) is 16.0. The fourth-order valence-corrected chi connectivity index (χ4v) is 5.50. The third-order valence-electron chi connectivity index (χ3n) is 6.05. The van der Waals surface area contributed by atoms with Crippen molar-refractivity contribution >= 4 is 47.6 Å². The maximum Gasteiger partial charge on any atom is 0.251 e. The number of benzene rings is 2. The zero-order valence-electron chi connectivity index (χ0n) is 19.6. The molecule has 8 nitrogen and oxygen atoms in total. The molecule has 1 fully saturated rings. The fourth-order valence-electron chi connectivity index (χ4n) is 4.13. The summed E-state index contributed by atoms with van der Waals surface area (Å²) in [6, 6.07) is 9.04. The van der Waals surface area contributed by atoms with Crippen LogP contribution in [0, 0.1) is 11.7 Å². The molecule has 0 saturated carbocycles. The maximum atomic E-state index is 14.7. The van der Waals surface area contributed by atoms with Gasteiger partial charge in [0.15, 0.2) is 0 Å². The van der Waals surface area contributed by atoms with Gasteiger partial charge in [0.05, 0.1) is 25.7 Å². The van der Waals surface area contributed by atoms with Gasteiger partial charge in [-0.3, -0.25) is 19.1 Å². The molecular formula is C24H28FN5O3Si. The number of aromatic nitrogens is 2. The average Bonchev–Trinajstić information content (AvgIpc) is 3.36. The first kappa shape index (κ1) is 23.6. The Morgan fingerprint density at radius 2 is 1.97 bits per heavy atom. The Kier molecular flexibility index (Phi) is 6.26. The normalized spacial score (nSPS) is 16.9. The monoisotopic (exact) mass is 481 g/mol. The predicted molar refractivity (Wildman–Crippen MR) is 131 cm³/mol. The van der Waals surface area contributed by atoms with Gasteiger partial charge in [-0.15, -0.1) is 0 Å². The first-order valence-electron chi connectivity index (χ1n) is 11.1. The largest absolute Gasteiger partial charge is 0.355 e. The van der Waals surface area contributed by atoms with E-state index in [0.717, 1.165) is 10.9 Å². The molecule has 3 amide bonds. The average molecular weight is 482 g/mol. The van der Waals surface area contributed by atoms with Crippen molar-refractivity contribution in [3.8, 4) is 0 Å². The van der Waals surface area contributed by atoms with Crippen molar-refractivity contribution in [2.75, 3.05) is 11.9 Å². The van der Waals surface area contributed by atoms with Crippen molar-refractivity contribution in [2.45, 2.75) is 32.1 Å². The quantitative estimate of drug-likeness (QED) is 0.470. The molecule has 1 unspecified atom stereocenters. The molecule has 1 aliphatic rings. The van der Waals surface area contributed by atoms with E-state index < -0.39 is 31.8 Å². The molecule has 10 heteroatoms. The van der Waals surface area contributed by atoms with Crippen LogP contribution in [0.4, 0.5) is 10.1 Å². The van der Waals surface area contributed by atoms with Crippen LogP contribution in [-0.4, -0.2) is 42.1 Å². The fraction of sp³-hybridized carbons (Fsp3) is 0.333. The lowest BCUT2D eigenvalue weighted by Crippen LogP contribution is -2.41. The van der Waals surface area contributed by atoms with Crippen LogP contribution in [-0.2, 0) is 21.4 Å². The Hall–Kier alpha value is -3.53. The minimum atomic E-state index is -1.87. The van der Waals surface area contributed by atoms with E-state index >= 15 is 0 Å². The van der Waals surface area contributed by atoms with Crippen LogP contribution >= 0.6 is 0 Å². The Labute approximate surface area is 197 Å². The van der Waals surface area contributed by atoms with E-state index in [9.17, 15) is 18.8 Å². The molecule has 2 atom stereocenters. The van der Waals surface area contributed by atoms with Gasteiger partial charge in [-0.25, -0.2) is 4.39 Å². The number of nitrogens with zero attached hydrogens (tertiary/aromatic N) is 2. The molecule has 0 spiro atoms. The topological polar surface area (TPSA) is 105 Å². The Bertz CT molecular complexity index is 1280. The van der Waals surface area contributed by atoms with Gasteiger partial charge >= 0.3 is 0 Å². The van der Waals surface area contributed by atoms with Gasteiger partial charge in [0.2, 0.25) is 11.8 Å². The zero-order valence-corrected chi connectivity index (χ0v) is 20.6. The van der Waals surface area contributed by atoms with Crippen molar-refractivity contribution in [2.24, 2.45) is 13.0 Å². The molecule has 34 heavy (non-hydrogen) atoms. The second-order valence-electron chi connectivity index (χ2n) is 9.67. The van der Waals surface area contributed by atoms with Crippen molar-refractivity contribution in [3.63, 3.8) is 0 Å². The van der Waals surface area contributed by atoms with Gasteiger partial charge < -0.3 is 16.0 Å². The molecular weight excluding hydrogens is 453 g/mol. The molecule has 1 aromatic heterocycles. The third kappa shape index (κ3) is 4.86. The van der Waals surface area contributed by atoms with Crippen molar-refractivity contribution in [3.05, 3.63) is 54.0 Å². The molecule has 0 bridgehead atoms. The summed E-state index contributed by atoms with van der Waals surface area (Å²) in [4.78, 5) is 37.7. The standard InChI is InChI=1S/C24H28FN5O3Si/c1-30-19-7-5-14(9-15(19)13-27-30)22(29-23(32)16-10-21(31)26-12-16)24(33)28-17-6-8-20(18(25)11-17)34(2,3)4/h5-9,11,13,16,22H,10,12H2,1-4H3,(H,26,31)(H,28,33)(H,29,32)/t16-,22?/m0/s1. The van der Waals surface area contributed by atoms with Gasteiger partial charge in [-0.05, 0) is 35.0 Å². The second kappa shape index (κ2) is 9.01. The molecule has 178 valence electrons. The molecule has 3 aromatic rings. The number of amides is 3. The van der Waals surface area contributed by atoms with Crippen molar-refractivity contribution < 1.29 is 18.8 Å². The van der Waals surface area contributed by atoms with Gasteiger partial charge in [0.25, 0.3) is 5.91 Å². The van der Waals surface area contributed by atoms with Gasteiger partial charge in [0, 0.05) is 31.1 Å². The Morgan fingerprint density at radius 1 is 1.21 bits per heavy atom. The minimum absolute atomic E-state index is 0.0746. The highest BCUT2D eigenvalue weighted by Crippen LogP contribution is 2.23. The molecule has 2 aromatic carbocycles. The van der Waals surface area contributed by atoms with E-state index in [1.165, 1.54) is 6.07 Å². The number of anilines is 1. The van der Waals surface area contributed by atoms with E-state index in [2.05, 4.69) is 21.0 Å². The van der Waals surface area contributed by atoms with Crippen LogP contribution < -0.4 is 21.1 Å². The molecule has 1 saturated heterocycles. The van der Waals surface area contributed by atoms with Crippen LogP contribution in [0.1, 0.15) is 18.0 Å². The van der Waals surface area contributed by atoms with Gasteiger partial charge in [-0.1, -0.05) is 31.8 Å². The molecule has 3 N–H and O–H groups in total. The van der Waals surface area contributed by atoms with Crippen LogP contribution in [0.25, 0.3) is 10.9 Å². The summed E-state index contributed by atoms with van der Waals surface area (Å²) in [5.74, 6) is -2.02. The lowest BCUT2D eigenvalue weighted by molar-refractivity contribution is -0.129. The van der Waals surface area contributed by atoms with Crippen LogP contribution in [0.5, 0.6) is 0 Å². The number of halogens is 1. The Morgan fingerprint density at radius 3 is 2.62 bits per heavy atom. The smallest absolute Gasteiger partial charge is 0.251 e. The highest BCUT2D eigenvalue weighted by atomic mass is 28.3. The van der Waals surface area contributed by atoms with E-state index in [1.54, 1.807) is 35.1 Å². The summed E-state index contributed by atoms with van der Waals surface area (Å²) in [6.45, 7) is 6.37. The first-order valence-corrected chi connectivity index (χ1v) is 14.6. The van der Waals surface area contributed by atoms with Crippen molar-refractivity contribution in [1.29, 1.82) is 0 Å². The third-order valence-corrected chi connectivity index (χ3v) is 8.07. The summed E-state index contributed by atoms with van der Waals surface area (Å²) >= 11 is 0. The number of rotatable bonds is 6. The zero-order chi connectivity index (χ0) is 24.6. The lowest BCUT2D eigenvalue weighted by atomic mass is 10.0. The number of aryl methyl sites for hydroxylation is 1. The van der Waals surface area contributed by atoms with Gasteiger partial charge in [-0.2, -0.15) is 5.10 Å². The maximum absolute atomic E-state index is 14.7.